The highest BCUT2D eigenvalue weighted by Crippen LogP contribution is 2.23. The molecular weight excluding hydrogens is 266 g/mol. The van der Waals surface area contributed by atoms with E-state index in [1.807, 2.05) is 0 Å². The van der Waals surface area contributed by atoms with Crippen molar-refractivity contribution >= 4 is 17.7 Å². The molecule has 0 unspecified atom stereocenters. The summed E-state index contributed by atoms with van der Waals surface area (Å²) in [5.74, 6) is 0.676. The maximum absolute atomic E-state index is 12.3. The third kappa shape index (κ3) is 3.75. The molecule has 6 heteroatoms. The molecule has 0 spiro atoms. The number of hydrogen-bond donors (Lipinski definition) is 2. The molecule has 0 aromatic carbocycles. The highest BCUT2D eigenvalue weighted by molar-refractivity contribution is 6.03. The van der Waals surface area contributed by atoms with Crippen LogP contribution in [0.5, 0.6) is 0 Å². The quantitative estimate of drug-likeness (QED) is 0.905. The van der Waals surface area contributed by atoms with Gasteiger partial charge in [0, 0.05) is 36.1 Å². The predicted molar refractivity (Wildman–Crippen MR) is 82.5 cm³/mol. The summed E-state index contributed by atoms with van der Waals surface area (Å²) in [6, 6.07) is 5.19. The number of pyridine rings is 1. The van der Waals surface area contributed by atoms with Crippen molar-refractivity contribution in [3.05, 3.63) is 41.9 Å². The van der Waals surface area contributed by atoms with Crippen LogP contribution in [0, 0.1) is 0 Å². The SMILES string of the molecule is CNc1cc(C(=O)Nc2ncccn2)cc(C(C)(C)C)n1. The summed E-state index contributed by atoms with van der Waals surface area (Å²) in [6.45, 7) is 6.16. The molecule has 1 amide bonds. The van der Waals surface area contributed by atoms with Crippen molar-refractivity contribution in [2.45, 2.75) is 26.2 Å². The fourth-order valence-corrected chi connectivity index (χ4v) is 1.71. The van der Waals surface area contributed by atoms with Gasteiger partial charge in [-0.2, -0.15) is 0 Å². The lowest BCUT2D eigenvalue weighted by Gasteiger charge is -2.19. The summed E-state index contributed by atoms with van der Waals surface area (Å²) in [5, 5.41) is 5.65. The Morgan fingerprint density at radius 2 is 1.81 bits per heavy atom. The van der Waals surface area contributed by atoms with E-state index in [0.29, 0.717) is 11.4 Å². The van der Waals surface area contributed by atoms with Crippen molar-refractivity contribution in [1.82, 2.24) is 15.0 Å². The zero-order valence-corrected chi connectivity index (χ0v) is 12.6. The van der Waals surface area contributed by atoms with Crippen LogP contribution >= 0.6 is 0 Å². The van der Waals surface area contributed by atoms with Gasteiger partial charge in [0.15, 0.2) is 0 Å². The summed E-state index contributed by atoms with van der Waals surface area (Å²) in [6.07, 6.45) is 3.16. The molecule has 0 aliphatic heterocycles. The minimum Gasteiger partial charge on any atom is -0.373 e. The standard InChI is InChI=1S/C15H19N5O/c1-15(2,3)11-8-10(9-12(16-4)19-11)13(21)20-14-17-6-5-7-18-14/h5-9H,1-4H3,(H,16,19)(H,17,18,20,21). The highest BCUT2D eigenvalue weighted by Gasteiger charge is 2.19. The third-order valence-electron chi connectivity index (χ3n) is 2.90. The second-order valence-electron chi connectivity index (χ2n) is 5.65. The van der Waals surface area contributed by atoms with Crippen LogP contribution in [0.25, 0.3) is 0 Å². The van der Waals surface area contributed by atoms with E-state index in [1.54, 1.807) is 37.6 Å². The van der Waals surface area contributed by atoms with Gasteiger partial charge in [-0.25, -0.2) is 15.0 Å². The van der Waals surface area contributed by atoms with E-state index in [4.69, 9.17) is 0 Å². The van der Waals surface area contributed by atoms with Gasteiger partial charge in [0.1, 0.15) is 5.82 Å². The van der Waals surface area contributed by atoms with E-state index in [2.05, 4.69) is 46.4 Å². The zero-order valence-electron chi connectivity index (χ0n) is 12.6. The van der Waals surface area contributed by atoms with E-state index in [0.717, 1.165) is 5.69 Å². The molecule has 0 saturated heterocycles. The van der Waals surface area contributed by atoms with Crippen LogP contribution in [0.4, 0.5) is 11.8 Å². The van der Waals surface area contributed by atoms with Gasteiger partial charge in [-0.1, -0.05) is 20.8 Å². The highest BCUT2D eigenvalue weighted by atomic mass is 16.1. The second kappa shape index (κ2) is 5.87. The number of carbonyl (C=O) groups is 1. The van der Waals surface area contributed by atoms with Gasteiger partial charge < -0.3 is 5.32 Å². The lowest BCUT2D eigenvalue weighted by atomic mass is 9.90. The Hall–Kier alpha value is -2.50. The maximum atomic E-state index is 12.3. The zero-order chi connectivity index (χ0) is 15.5. The Labute approximate surface area is 124 Å². The first-order valence-corrected chi connectivity index (χ1v) is 6.69. The van der Waals surface area contributed by atoms with E-state index in [1.165, 1.54) is 0 Å². The second-order valence-corrected chi connectivity index (χ2v) is 5.65. The fraction of sp³-hybridized carbons (Fsp3) is 0.333. The number of hydrogen-bond acceptors (Lipinski definition) is 5. The van der Waals surface area contributed by atoms with Gasteiger partial charge in [0.2, 0.25) is 5.95 Å². The molecule has 2 aromatic heterocycles. The molecule has 0 radical (unpaired) electrons. The van der Waals surface area contributed by atoms with Crippen molar-refractivity contribution in [1.29, 1.82) is 0 Å². The van der Waals surface area contributed by atoms with E-state index >= 15 is 0 Å². The smallest absolute Gasteiger partial charge is 0.258 e. The van der Waals surface area contributed by atoms with Crippen LogP contribution < -0.4 is 10.6 Å². The van der Waals surface area contributed by atoms with Crippen molar-refractivity contribution in [3.63, 3.8) is 0 Å². The van der Waals surface area contributed by atoms with Gasteiger partial charge in [-0.15, -0.1) is 0 Å². The van der Waals surface area contributed by atoms with E-state index in [-0.39, 0.29) is 17.3 Å². The molecule has 0 bridgehead atoms. The van der Waals surface area contributed by atoms with Crippen molar-refractivity contribution in [2.75, 3.05) is 17.7 Å². The number of amides is 1. The molecule has 110 valence electrons. The van der Waals surface area contributed by atoms with E-state index < -0.39 is 0 Å². The molecule has 21 heavy (non-hydrogen) atoms. The first kappa shape index (κ1) is 14.9. The Balaban J connectivity index is 2.32. The lowest BCUT2D eigenvalue weighted by Crippen LogP contribution is -2.19. The largest absolute Gasteiger partial charge is 0.373 e. The molecular formula is C15H19N5O. The first-order chi connectivity index (χ1) is 9.90. The Morgan fingerprint density at radius 1 is 1.14 bits per heavy atom. The van der Waals surface area contributed by atoms with Crippen molar-refractivity contribution in [3.8, 4) is 0 Å². The van der Waals surface area contributed by atoms with E-state index in [9.17, 15) is 4.79 Å². The van der Waals surface area contributed by atoms with Crippen LogP contribution in [0.15, 0.2) is 30.6 Å². The molecule has 0 atom stereocenters. The predicted octanol–water partition coefficient (Wildman–Crippen LogP) is 2.46. The summed E-state index contributed by atoms with van der Waals surface area (Å²) >= 11 is 0. The van der Waals surface area contributed by atoms with Gasteiger partial charge in [0.25, 0.3) is 5.91 Å². The number of nitrogens with zero attached hydrogens (tertiary/aromatic N) is 3. The number of rotatable bonds is 3. The molecule has 0 fully saturated rings. The molecule has 0 aliphatic rings. The molecule has 2 heterocycles. The molecule has 0 saturated carbocycles. The van der Waals surface area contributed by atoms with Crippen molar-refractivity contribution < 1.29 is 4.79 Å². The van der Waals surface area contributed by atoms with Gasteiger partial charge in [-0.05, 0) is 18.2 Å². The fourth-order valence-electron chi connectivity index (χ4n) is 1.71. The summed E-state index contributed by atoms with van der Waals surface area (Å²) in [5.41, 5.74) is 1.21. The summed E-state index contributed by atoms with van der Waals surface area (Å²) in [7, 11) is 1.77. The topological polar surface area (TPSA) is 79.8 Å². The minimum atomic E-state index is -0.259. The van der Waals surface area contributed by atoms with Gasteiger partial charge in [-0.3, -0.25) is 10.1 Å². The summed E-state index contributed by atoms with van der Waals surface area (Å²) in [4.78, 5) is 24.8. The average molecular weight is 285 g/mol. The van der Waals surface area contributed by atoms with Gasteiger partial charge in [0.05, 0.1) is 0 Å². The Morgan fingerprint density at radius 3 is 2.38 bits per heavy atom. The first-order valence-electron chi connectivity index (χ1n) is 6.69. The maximum Gasteiger partial charge on any atom is 0.258 e. The number of aromatic nitrogens is 3. The minimum absolute atomic E-state index is 0.148. The van der Waals surface area contributed by atoms with Crippen LogP contribution in [0.1, 0.15) is 36.8 Å². The molecule has 2 N–H and O–H groups in total. The number of anilines is 2. The molecule has 6 nitrogen and oxygen atoms in total. The van der Waals surface area contributed by atoms with Gasteiger partial charge >= 0.3 is 0 Å². The number of nitrogens with one attached hydrogen (secondary N) is 2. The number of carbonyl (C=O) groups excluding carboxylic acids is 1. The van der Waals surface area contributed by atoms with Crippen LogP contribution in [0.2, 0.25) is 0 Å². The molecule has 2 aromatic rings. The summed E-state index contributed by atoms with van der Waals surface area (Å²) < 4.78 is 0. The molecule has 0 aliphatic carbocycles. The van der Waals surface area contributed by atoms with Crippen LogP contribution in [0.3, 0.4) is 0 Å². The third-order valence-corrected chi connectivity index (χ3v) is 2.90. The van der Waals surface area contributed by atoms with Crippen LogP contribution in [-0.2, 0) is 5.41 Å². The molecule has 2 rings (SSSR count). The Bertz CT molecular complexity index is 634. The average Bonchev–Trinajstić information content (AvgIpc) is 2.46. The van der Waals surface area contributed by atoms with Crippen molar-refractivity contribution in [2.24, 2.45) is 0 Å². The Kier molecular flexibility index (Phi) is 4.16. The monoisotopic (exact) mass is 285 g/mol. The van der Waals surface area contributed by atoms with Crippen LogP contribution in [-0.4, -0.2) is 27.9 Å². The lowest BCUT2D eigenvalue weighted by molar-refractivity contribution is 0.102. The normalized spacial score (nSPS) is 11.0.